The fraction of sp³-hybridized carbons (Fsp3) is 0.450. The van der Waals surface area contributed by atoms with Crippen molar-refractivity contribution >= 4 is 29.4 Å². The van der Waals surface area contributed by atoms with Gasteiger partial charge in [-0.2, -0.15) is 5.01 Å². The van der Waals surface area contributed by atoms with E-state index in [1.54, 1.807) is 30.3 Å². The van der Waals surface area contributed by atoms with Gasteiger partial charge >= 0.3 is 5.91 Å². The maximum atomic E-state index is 12.8. The van der Waals surface area contributed by atoms with Crippen LogP contribution in [0.1, 0.15) is 56.6 Å². The van der Waals surface area contributed by atoms with Crippen LogP contribution in [0.2, 0.25) is 0 Å². The van der Waals surface area contributed by atoms with Crippen LogP contribution in [0.5, 0.6) is 0 Å². The molecule has 1 aliphatic carbocycles. The van der Waals surface area contributed by atoms with Gasteiger partial charge < -0.3 is 5.32 Å². The molecule has 2 N–H and O–H groups in total. The molecule has 1 saturated heterocycles. The summed E-state index contributed by atoms with van der Waals surface area (Å²) in [6.07, 6.45) is 4.51. The number of amides is 4. The number of carbonyl (C=O) groups excluding carboxylic acids is 5. The zero-order valence-corrected chi connectivity index (χ0v) is 15.5. The van der Waals surface area contributed by atoms with E-state index >= 15 is 0 Å². The van der Waals surface area contributed by atoms with Gasteiger partial charge in [-0.1, -0.05) is 49.6 Å². The lowest BCUT2D eigenvalue weighted by molar-refractivity contribution is -0.151. The molecule has 4 amide bonds. The lowest BCUT2D eigenvalue weighted by Gasteiger charge is -2.25. The first kappa shape index (κ1) is 19.7. The Morgan fingerprint density at radius 3 is 2.14 bits per heavy atom. The third-order valence-electron chi connectivity index (χ3n) is 5.15. The van der Waals surface area contributed by atoms with Crippen LogP contribution in [0.3, 0.4) is 0 Å². The quantitative estimate of drug-likeness (QED) is 0.564. The van der Waals surface area contributed by atoms with E-state index in [-0.39, 0.29) is 24.7 Å². The molecular weight excluding hydrogens is 362 g/mol. The largest absolute Gasteiger partial charge is 0.341 e. The summed E-state index contributed by atoms with van der Waals surface area (Å²) in [4.78, 5) is 61.2. The van der Waals surface area contributed by atoms with Crippen LogP contribution >= 0.6 is 0 Å². The number of benzene rings is 1. The second kappa shape index (κ2) is 8.77. The molecule has 2 aliphatic rings. The summed E-state index contributed by atoms with van der Waals surface area (Å²) in [6.45, 7) is 0. The Kier molecular flexibility index (Phi) is 6.18. The molecule has 0 aromatic heterocycles. The molecule has 1 aromatic rings. The average molecular weight is 385 g/mol. The minimum atomic E-state index is -1.18. The summed E-state index contributed by atoms with van der Waals surface area (Å²) in [7, 11) is 0. The van der Waals surface area contributed by atoms with Gasteiger partial charge in [0, 0.05) is 18.8 Å². The zero-order chi connectivity index (χ0) is 20.1. The van der Waals surface area contributed by atoms with Gasteiger partial charge in [0.05, 0.1) is 0 Å². The van der Waals surface area contributed by atoms with Crippen molar-refractivity contribution in [3.63, 3.8) is 0 Å². The third-order valence-corrected chi connectivity index (χ3v) is 5.15. The van der Waals surface area contributed by atoms with Crippen molar-refractivity contribution in [2.24, 2.45) is 5.92 Å². The number of imide groups is 1. The van der Waals surface area contributed by atoms with Crippen molar-refractivity contribution in [1.82, 2.24) is 15.8 Å². The number of hydrogen-bond donors (Lipinski definition) is 2. The molecule has 1 heterocycles. The molecule has 28 heavy (non-hydrogen) atoms. The topological polar surface area (TPSA) is 113 Å². The number of Topliss-reactive ketones (excluding diaryl/α,β-unsaturated/α-hetero) is 1. The lowest BCUT2D eigenvalue weighted by Crippen LogP contribution is -2.51. The van der Waals surface area contributed by atoms with E-state index in [4.69, 9.17) is 0 Å². The Hall–Kier alpha value is -3.03. The molecule has 2 fully saturated rings. The molecule has 0 spiro atoms. The number of carbonyl (C=O) groups is 5. The minimum Gasteiger partial charge on any atom is -0.341 e. The van der Waals surface area contributed by atoms with Crippen molar-refractivity contribution in [3.05, 3.63) is 35.9 Å². The molecule has 3 rings (SSSR count). The molecule has 1 unspecified atom stereocenters. The predicted molar refractivity (Wildman–Crippen MR) is 98.1 cm³/mol. The van der Waals surface area contributed by atoms with Crippen LogP contribution in [0.25, 0.3) is 0 Å². The number of ketones is 1. The summed E-state index contributed by atoms with van der Waals surface area (Å²) in [5.74, 6) is -3.60. The Bertz CT molecular complexity index is 770. The minimum absolute atomic E-state index is 0.00612. The van der Waals surface area contributed by atoms with Crippen molar-refractivity contribution in [3.8, 4) is 0 Å². The molecule has 1 atom stereocenters. The highest BCUT2D eigenvalue weighted by Gasteiger charge is 2.36. The lowest BCUT2D eigenvalue weighted by atomic mass is 9.88. The molecule has 1 aromatic carbocycles. The molecule has 8 nitrogen and oxygen atoms in total. The molecule has 1 saturated carbocycles. The summed E-state index contributed by atoms with van der Waals surface area (Å²) in [5.41, 5.74) is 2.54. The molecule has 148 valence electrons. The fourth-order valence-corrected chi connectivity index (χ4v) is 3.56. The van der Waals surface area contributed by atoms with E-state index in [0.29, 0.717) is 10.6 Å². The number of hydrazine groups is 1. The van der Waals surface area contributed by atoms with Crippen LogP contribution in [0.4, 0.5) is 0 Å². The summed E-state index contributed by atoms with van der Waals surface area (Å²) >= 11 is 0. The van der Waals surface area contributed by atoms with Crippen molar-refractivity contribution in [1.29, 1.82) is 0 Å². The maximum Gasteiger partial charge on any atom is 0.308 e. The first-order chi connectivity index (χ1) is 13.5. The Morgan fingerprint density at radius 2 is 1.54 bits per heavy atom. The second-order valence-corrected chi connectivity index (χ2v) is 7.12. The van der Waals surface area contributed by atoms with E-state index < -0.39 is 29.5 Å². The molecule has 1 aliphatic heterocycles. The van der Waals surface area contributed by atoms with Gasteiger partial charge in [-0.15, -0.1) is 0 Å². The van der Waals surface area contributed by atoms with Crippen LogP contribution in [0, 0.1) is 5.92 Å². The summed E-state index contributed by atoms with van der Waals surface area (Å²) < 4.78 is 0. The highest BCUT2D eigenvalue weighted by molar-refractivity contribution is 6.38. The normalized spacial score (nSPS) is 18.6. The van der Waals surface area contributed by atoms with Crippen LogP contribution in [-0.4, -0.2) is 34.4 Å². The number of nitrogens with one attached hydrogen (secondary N) is 2. The summed E-state index contributed by atoms with van der Waals surface area (Å²) in [5, 5.41) is 3.27. The fourth-order valence-electron chi connectivity index (χ4n) is 3.56. The SMILES string of the molecule is O=C(NN1C(=O)CCC1=O)C(=O)C(NC(=O)C1CCCCC1)c1ccccc1. The first-order valence-corrected chi connectivity index (χ1v) is 9.53. The van der Waals surface area contributed by atoms with Crippen LogP contribution < -0.4 is 10.7 Å². The van der Waals surface area contributed by atoms with Gasteiger partial charge in [0.15, 0.2) is 0 Å². The Labute approximate surface area is 162 Å². The Balaban J connectivity index is 1.75. The first-order valence-electron chi connectivity index (χ1n) is 9.53. The monoisotopic (exact) mass is 385 g/mol. The predicted octanol–water partition coefficient (Wildman–Crippen LogP) is 1.17. The van der Waals surface area contributed by atoms with Gasteiger partial charge in [0.25, 0.3) is 0 Å². The van der Waals surface area contributed by atoms with Gasteiger partial charge in [-0.25, -0.2) is 0 Å². The van der Waals surface area contributed by atoms with Gasteiger partial charge in [-0.05, 0) is 18.4 Å². The van der Waals surface area contributed by atoms with Gasteiger partial charge in [-0.3, -0.25) is 29.4 Å². The second-order valence-electron chi connectivity index (χ2n) is 7.12. The van der Waals surface area contributed by atoms with E-state index in [1.165, 1.54) is 0 Å². The molecular formula is C20H23N3O5. The standard InChI is InChI=1S/C20H23N3O5/c24-15-11-12-16(25)23(15)22-20(28)18(26)17(13-7-3-1-4-8-13)21-19(27)14-9-5-2-6-10-14/h1,3-4,7-8,14,17H,2,5-6,9-12H2,(H,21,27)(H,22,28). The van der Waals surface area contributed by atoms with Crippen LogP contribution in [-0.2, 0) is 24.0 Å². The smallest absolute Gasteiger partial charge is 0.308 e. The van der Waals surface area contributed by atoms with Crippen molar-refractivity contribution in [2.75, 3.05) is 0 Å². The van der Waals surface area contributed by atoms with Gasteiger partial charge in [0.2, 0.25) is 23.5 Å². The van der Waals surface area contributed by atoms with E-state index in [2.05, 4.69) is 10.7 Å². The number of nitrogens with zero attached hydrogens (tertiary/aromatic N) is 1. The number of rotatable bonds is 6. The highest BCUT2D eigenvalue weighted by Crippen LogP contribution is 2.25. The third kappa shape index (κ3) is 4.44. The van der Waals surface area contributed by atoms with Crippen LogP contribution in [0.15, 0.2) is 30.3 Å². The van der Waals surface area contributed by atoms with Gasteiger partial charge in [0.1, 0.15) is 6.04 Å². The summed E-state index contributed by atoms with van der Waals surface area (Å²) in [6, 6.07) is 7.27. The average Bonchev–Trinajstić information content (AvgIpc) is 3.04. The number of hydrogen-bond acceptors (Lipinski definition) is 5. The van der Waals surface area contributed by atoms with Crippen molar-refractivity contribution < 1.29 is 24.0 Å². The molecule has 0 bridgehead atoms. The highest BCUT2D eigenvalue weighted by atomic mass is 16.2. The van der Waals surface area contributed by atoms with E-state index in [1.807, 2.05) is 0 Å². The van der Waals surface area contributed by atoms with E-state index in [0.717, 1.165) is 32.1 Å². The molecule has 8 heteroatoms. The molecule has 0 radical (unpaired) electrons. The zero-order valence-electron chi connectivity index (χ0n) is 15.5. The maximum absolute atomic E-state index is 12.8. The van der Waals surface area contributed by atoms with E-state index in [9.17, 15) is 24.0 Å². The Morgan fingerprint density at radius 1 is 0.929 bits per heavy atom. The van der Waals surface area contributed by atoms with Crippen molar-refractivity contribution in [2.45, 2.75) is 51.0 Å².